The minimum absolute atomic E-state index is 0.00606. The van der Waals surface area contributed by atoms with E-state index in [1.165, 1.54) is 12.8 Å². The van der Waals surface area contributed by atoms with E-state index in [-0.39, 0.29) is 18.0 Å². The summed E-state index contributed by atoms with van der Waals surface area (Å²) in [5.74, 6) is 0.322. The topological polar surface area (TPSA) is 70.1 Å². The van der Waals surface area contributed by atoms with Crippen LogP contribution in [0.2, 0.25) is 0 Å². The zero-order valence-electron chi connectivity index (χ0n) is 10.4. The molecule has 94 valence electrons. The van der Waals surface area contributed by atoms with Crippen LogP contribution in [0.3, 0.4) is 0 Å². The number of nitrogens with zero attached hydrogens (tertiary/aromatic N) is 2. The average molecular weight is 235 g/mol. The number of amides is 1. The molecule has 2 aliphatic rings. The number of nitriles is 1. The van der Waals surface area contributed by atoms with Gasteiger partial charge in [-0.3, -0.25) is 4.79 Å². The van der Waals surface area contributed by atoms with Crippen LogP contribution in [-0.2, 0) is 4.79 Å². The molecule has 2 fully saturated rings. The lowest BCUT2D eigenvalue weighted by Gasteiger charge is -2.29. The van der Waals surface area contributed by atoms with Crippen molar-refractivity contribution in [2.75, 3.05) is 0 Å². The maximum Gasteiger partial charge on any atom is 0.241 e. The highest BCUT2D eigenvalue weighted by Crippen LogP contribution is 2.30. The summed E-state index contributed by atoms with van der Waals surface area (Å²) >= 11 is 0. The molecule has 1 saturated carbocycles. The Morgan fingerprint density at radius 2 is 2.00 bits per heavy atom. The van der Waals surface area contributed by atoms with Crippen molar-refractivity contribution in [2.24, 2.45) is 11.7 Å². The predicted molar refractivity (Wildman–Crippen MR) is 64.9 cm³/mol. The SMILES string of the molecule is C[C@@H]1CC[C@@H](C#N)N1C(=O)[C@@H](N)C1CCCC1. The number of hydrogen-bond acceptors (Lipinski definition) is 3. The first kappa shape index (κ1) is 12.4. The largest absolute Gasteiger partial charge is 0.323 e. The summed E-state index contributed by atoms with van der Waals surface area (Å²) in [6.07, 6.45) is 6.20. The fourth-order valence-electron chi connectivity index (χ4n) is 3.17. The number of likely N-dealkylation sites (tertiary alicyclic amines) is 1. The molecule has 0 bridgehead atoms. The van der Waals surface area contributed by atoms with Gasteiger partial charge in [0.1, 0.15) is 6.04 Å². The first-order chi connectivity index (χ1) is 8.15. The molecular formula is C13H21N3O. The number of rotatable bonds is 2. The first-order valence-electron chi connectivity index (χ1n) is 6.62. The van der Waals surface area contributed by atoms with E-state index in [0.29, 0.717) is 5.92 Å². The van der Waals surface area contributed by atoms with Crippen LogP contribution in [0.25, 0.3) is 0 Å². The highest BCUT2D eigenvalue weighted by molar-refractivity contribution is 5.83. The molecule has 1 heterocycles. The molecule has 0 unspecified atom stereocenters. The lowest BCUT2D eigenvalue weighted by Crippen LogP contribution is -2.51. The third kappa shape index (κ3) is 2.30. The summed E-state index contributed by atoms with van der Waals surface area (Å²) in [5.41, 5.74) is 6.08. The minimum atomic E-state index is -0.395. The van der Waals surface area contributed by atoms with Gasteiger partial charge in [-0.1, -0.05) is 12.8 Å². The monoisotopic (exact) mass is 235 g/mol. The quantitative estimate of drug-likeness (QED) is 0.786. The van der Waals surface area contributed by atoms with E-state index < -0.39 is 6.04 Å². The van der Waals surface area contributed by atoms with Crippen LogP contribution < -0.4 is 5.73 Å². The number of nitrogens with two attached hydrogens (primary N) is 1. The van der Waals surface area contributed by atoms with Crippen molar-refractivity contribution in [3.63, 3.8) is 0 Å². The molecule has 0 aromatic rings. The summed E-state index contributed by atoms with van der Waals surface area (Å²) in [6, 6.07) is 1.73. The Bertz CT molecular complexity index is 330. The van der Waals surface area contributed by atoms with Crippen LogP contribution in [-0.4, -0.2) is 28.9 Å². The Hall–Kier alpha value is -1.08. The summed E-state index contributed by atoms with van der Waals surface area (Å²) in [5, 5.41) is 9.07. The van der Waals surface area contributed by atoms with Gasteiger partial charge in [-0.25, -0.2) is 0 Å². The molecule has 1 amide bonds. The van der Waals surface area contributed by atoms with Gasteiger partial charge < -0.3 is 10.6 Å². The van der Waals surface area contributed by atoms with Crippen LogP contribution in [0.4, 0.5) is 0 Å². The highest BCUT2D eigenvalue weighted by Gasteiger charge is 2.39. The van der Waals surface area contributed by atoms with E-state index in [0.717, 1.165) is 25.7 Å². The molecule has 1 aliphatic carbocycles. The van der Waals surface area contributed by atoms with Crippen molar-refractivity contribution >= 4 is 5.91 Å². The lowest BCUT2D eigenvalue weighted by molar-refractivity contribution is -0.135. The van der Waals surface area contributed by atoms with Crippen molar-refractivity contribution in [1.29, 1.82) is 5.26 Å². The standard InChI is InChI=1S/C13H21N3O/c1-9-6-7-11(8-14)16(9)13(17)12(15)10-4-2-3-5-10/h9-12H,2-7,15H2,1H3/t9-,11+,12+/m1/s1. The van der Waals surface area contributed by atoms with Crippen LogP contribution >= 0.6 is 0 Å². The molecule has 2 rings (SSSR count). The Labute approximate surface area is 103 Å². The van der Waals surface area contributed by atoms with E-state index in [1.807, 2.05) is 6.92 Å². The second kappa shape index (κ2) is 5.05. The highest BCUT2D eigenvalue weighted by atomic mass is 16.2. The molecule has 2 N–H and O–H groups in total. The first-order valence-corrected chi connectivity index (χ1v) is 6.62. The normalized spacial score (nSPS) is 31.5. The van der Waals surface area contributed by atoms with Crippen molar-refractivity contribution in [2.45, 2.75) is 63.6 Å². The molecule has 4 heteroatoms. The molecule has 0 aromatic heterocycles. The number of carbonyl (C=O) groups excluding carboxylic acids is 1. The zero-order valence-corrected chi connectivity index (χ0v) is 10.4. The van der Waals surface area contributed by atoms with Gasteiger partial charge in [0, 0.05) is 6.04 Å². The van der Waals surface area contributed by atoms with Gasteiger partial charge in [-0.2, -0.15) is 5.26 Å². The molecule has 0 aromatic carbocycles. The fourth-order valence-corrected chi connectivity index (χ4v) is 3.17. The summed E-state index contributed by atoms with van der Waals surface area (Å²) in [6.45, 7) is 2.01. The third-order valence-electron chi connectivity index (χ3n) is 4.26. The van der Waals surface area contributed by atoms with E-state index in [4.69, 9.17) is 11.0 Å². The van der Waals surface area contributed by atoms with Gasteiger partial charge >= 0.3 is 0 Å². The van der Waals surface area contributed by atoms with Gasteiger partial charge in [0.15, 0.2) is 0 Å². The van der Waals surface area contributed by atoms with Gasteiger partial charge in [0.05, 0.1) is 12.1 Å². The molecule has 0 spiro atoms. The van der Waals surface area contributed by atoms with Crippen LogP contribution in [0.5, 0.6) is 0 Å². The van der Waals surface area contributed by atoms with Crippen molar-refractivity contribution in [1.82, 2.24) is 4.90 Å². The van der Waals surface area contributed by atoms with Crippen molar-refractivity contribution in [3.8, 4) is 6.07 Å². The average Bonchev–Trinajstić information content (AvgIpc) is 2.96. The second-order valence-electron chi connectivity index (χ2n) is 5.39. The maximum atomic E-state index is 12.4. The Kier molecular flexibility index (Phi) is 3.68. The summed E-state index contributed by atoms with van der Waals surface area (Å²) < 4.78 is 0. The molecule has 1 aliphatic heterocycles. The Morgan fingerprint density at radius 3 is 2.59 bits per heavy atom. The Morgan fingerprint density at radius 1 is 1.35 bits per heavy atom. The predicted octanol–water partition coefficient (Wildman–Crippen LogP) is 1.41. The van der Waals surface area contributed by atoms with E-state index in [1.54, 1.807) is 4.90 Å². The van der Waals surface area contributed by atoms with Crippen LogP contribution in [0.15, 0.2) is 0 Å². The molecule has 0 radical (unpaired) electrons. The molecule has 1 saturated heterocycles. The van der Waals surface area contributed by atoms with E-state index in [2.05, 4.69) is 6.07 Å². The third-order valence-corrected chi connectivity index (χ3v) is 4.26. The van der Waals surface area contributed by atoms with E-state index in [9.17, 15) is 4.79 Å². The smallest absolute Gasteiger partial charge is 0.241 e. The minimum Gasteiger partial charge on any atom is -0.323 e. The van der Waals surface area contributed by atoms with E-state index >= 15 is 0 Å². The van der Waals surface area contributed by atoms with Gasteiger partial charge in [-0.05, 0) is 38.5 Å². The Balaban J connectivity index is 2.05. The second-order valence-corrected chi connectivity index (χ2v) is 5.39. The van der Waals surface area contributed by atoms with Crippen molar-refractivity contribution < 1.29 is 4.79 Å². The summed E-state index contributed by atoms with van der Waals surface area (Å²) in [7, 11) is 0. The van der Waals surface area contributed by atoms with Crippen LogP contribution in [0.1, 0.15) is 45.4 Å². The lowest BCUT2D eigenvalue weighted by atomic mass is 9.97. The molecule has 4 nitrogen and oxygen atoms in total. The summed E-state index contributed by atoms with van der Waals surface area (Å²) in [4.78, 5) is 14.1. The molecule has 17 heavy (non-hydrogen) atoms. The molecule has 3 atom stereocenters. The van der Waals surface area contributed by atoms with Crippen molar-refractivity contribution in [3.05, 3.63) is 0 Å². The zero-order chi connectivity index (χ0) is 12.4. The van der Waals surface area contributed by atoms with Gasteiger partial charge in [-0.15, -0.1) is 0 Å². The number of carbonyl (C=O) groups is 1. The number of hydrogen-bond donors (Lipinski definition) is 1. The fraction of sp³-hybridized carbons (Fsp3) is 0.846. The van der Waals surface area contributed by atoms with Crippen LogP contribution in [0, 0.1) is 17.2 Å². The van der Waals surface area contributed by atoms with Gasteiger partial charge in [0.2, 0.25) is 5.91 Å². The maximum absolute atomic E-state index is 12.4. The molecular weight excluding hydrogens is 214 g/mol. The van der Waals surface area contributed by atoms with Gasteiger partial charge in [0.25, 0.3) is 0 Å².